The fourth-order valence-corrected chi connectivity index (χ4v) is 4.72. The molecule has 1 rings (SSSR count). The largest absolute Gasteiger partial charge is 0.416 e. The molecule has 0 aromatic heterocycles. The van der Waals surface area contributed by atoms with Crippen LogP contribution in [0.1, 0.15) is 13.8 Å². The highest BCUT2D eigenvalue weighted by molar-refractivity contribution is 6.86. The Morgan fingerprint density at radius 1 is 1.14 bits per heavy atom. The van der Waals surface area contributed by atoms with E-state index in [9.17, 15) is 4.39 Å². The fraction of sp³-hybridized carbons (Fsp3) is 0.455. The first-order chi connectivity index (χ1) is 6.68. The van der Waals surface area contributed by atoms with Crippen LogP contribution < -0.4 is 5.19 Å². The van der Waals surface area contributed by atoms with Gasteiger partial charge in [-0.2, -0.15) is 0 Å². The number of hydrogen-bond donors (Lipinski definition) is 0. The van der Waals surface area contributed by atoms with E-state index in [0.29, 0.717) is 0 Å². The van der Waals surface area contributed by atoms with E-state index in [1.54, 1.807) is 7.11 Å². The van der Waals surface area contributed by atoms with Crippen LogP contribution in [-0.4, -0.2) is 15.4 Å². The molecule has 1 aromatic carbocycles. The highest BCUT2D eigenvalue weighted by Crippen LogP contribution is 2.15. The van der Waals surface area contributed by atoms with Crippen LogP contribution in [0.3, 0.4) is 0 Å². The molecule has 0 fully saturated rings. The minimum Gasteiger partial charge on any atom is -0.416 e. The third-order valence-electron chi connectivity index (χ3n) is 2.90. The topological polar surface area (TPSA) is 9.23 Å². The Morgan fingerprint density at radius 3 is 2.00 bits per heavy atom. The predicted octanol–water partition coefficient (Wildman–Crippen LogP) is 2.66. The molecule has 3 heteroatoms. The molecule has 0 N–H and O–H groups in total. The molecule has 0 saturated carbocycles. The number of halogens is 1. The lowest BCUT2D eigenvalue weighted by Crippen LogP contribution is -2.48. The summed E-state index contributed by atoms with van der Waals surface area (Å²) in [6, 6.07) is 8.82. The van der Waals surface area contributed by atoms with Crippen molar-refractivity contribution in [3.63, 3.8) is 0 Å². The van der Waals surface area contributed by atoms with Crippen molar-refractivity contribution in [1.82, 2.24) is 0 Å². The minimum absolute atomic E-state index is 0.181. The Hall–Kier alpha value is -0.673. The summed E-state index contributed by atoms with van der Waals surface area (Å²) in [5.41, 5.74) is 0. The summed E-state index contributed by atoms with van der Waals surface area (Å²) < 4.78 is 18.4. The van der Waals surface area contributed by atoms with Gasteiger partial charge in [-0.15, -0.1) is 0 Å². The van der Waals surface area contributed by atoms with Crippen molar-refractivity contribution >= 4 is 13.5 Å². The van der Waals surface area contributed by atoms with Gasteiger partial charge in [-0.1, -0.05) is 26.0 Å². The molecule has 0 saturated heterocycles. The van der Waals surface area contributed by atoms with Gasteiger partial charge in [0.2, 0.25) is 8.32 Å². The first-order valence-corrected chi connectivity index (χ1v) is 7.32. The molecule has 0 aliphatic rings. The summed E-state index contributed by atoms with van der Waals surface area (Å²) in [6.45, 7) is 4.28. The molecule has 0 amide bonds. The van der Waals surface area contributed by atoms with Gasteiger partial charge < -0.3 is 4.43 Å². The second-order valence-corrected chi connectivity index (χ2v) is 7.80. The highest BCUT2D eigenvalue weighted by Gasteiger charge is 2.31. The van der Waals surface area contributed by atoms with Crippen molar-refractivity contribution in [2.75, 3.05) is 7.11 Å². The van der Waals surface area contributed by atoms with Crippen molar-refractivity contribution < 1.29 is 8.82 Å². The zero-order valence-electron chi connectivity index (χ0n) is 9.01. The molecule has 0 radical (unpaired) electrons. The van der Waals surface area contributed by atoms with E-state index in [2.05, 4.69) is 13.8 Å². The summed E-state index contributed by atoms with van der Waals surface area (Å²) in [5.74, 6) is -0.181. The van der Waals surface area contributed by atoms with Gasteiger partial charge in [-0.3, -0.25) is 0 Å². The third kappa shape index (κ3) is 2.04. The monoisotopic (exact) mass is 212 g/mol. The Bertz CT molecular complexity index is 272. The van der Waals surface area contributed by atoms with Gasteiger partial charge in [-0.25, -0.2) is 4.39 Å². The molecule has 0 unspecified atom stereocenters. The molecule has 0 atom stereocenters. The molecule has 0 bridgehead atoms. The molecule has 1 aromatic rings. The summed E-state index contributed by atoms with van der Waals surface area (Å²) in [5, 5.41) is 1.19. The predicted molar refractivity (Wildman–Crippen MR) is 59.8 cm³/mol. The summed E-state index contributed by atoms with van der Waals surface area (Å²) in [6.07, 6.45) is 0. The zero-order chi connectivity index (χ0) is 10.6. The van der Waals surface area contributed by atoms with Gasteiger partial charge in [0.1, 0.15) is 5.82 Å². The van der Waals surface area contributed by atoms with E-state index in [1.807, 2.05) is 12.1 Å². The molecule has 78 valence electrons. The lowest BCUT2D eigenvalue weighted by atomic mass is 10.3. The van der Waals surface area contributed by atoms with E-state index < -0.39 is 8.32 Å². The van der Waals surface area contributed by atoms with Gasteiger partial charge >= 0.3 is 0 Å². The van der Waals surface area contributed by atoms with Crippen LogP contribution in [0.5, 0.6) is 0 Å². The smallest absolute Gasteiger partial charge is 0.223 e. The maximum atomic E-state index is 12.8. The molecule has 0 heterocycles. The standard InChI is InChI=1S/C11H17FOSi/c1-4-14(5-2,13-3)11-8-6-10(12)7-9-11/h6-9H,4-5H2,1-3H3. The molecule has 14 heavy (non-hydrogen) atoms. The maximum Gasteiger partial charge on any atom is 0.223 e. The van der Waals surface area contributed by atoms with Crippen LogP contribution in [0.25, 0.3) is 0 Å². The van der Waals surface area contributed by atoms with E-state index >= 15 is 0 Å². The van der Waals surface area contributed by atoms with Crippen molar-refractivity contribution in [2.24, 2.45) is 0 Å². The minimum atomic E-state index is -1.78. The SMILES string of the molecule is CC[Si](CC)(OC)c1ccc(F)cc1. The molecule has 1 nitrogen and oxygen atoms in total. The van der Waals surface area contributed by atoms with Crippen LogP contribution in [0.15, 0.2) is 24.3 Å². The number of hydrogen-bond acceptors (Lipinski definition) is 1. The van der Waals surface area contributed by atoms with E-state index in [4.69, 9.17) is 4.43 Å². The Morgan fingerprint density at radius 2 is 1.64 bits per heavy atom. The van der Waals surface area contributed by atoms with Crippen LogP contribution in [0.2, 0.25) is 12.1 Å². The zero-order valence-corrected chi connectivity index (χ0v) is 10.0. The van der Waals surface area contributed by atoms with Crippen LogP contribution in [0, 0.1) is 5.82 Å². The van der Waals surface area contributed by atoms with Gasteiger partial charge in [-0.05, 0) is 29.4 Å². The molecule has 0 aliphatic carbocycles. The van der Waals surface area contributed by atoms with E-state index in [1.165, 1.54) is 17.3 Å². The maximum absolute atomic E-state index is 12.8. The van der Waals surface area contributed by atoms with Gasteiger partial charge in [0.15, 0.2) is 0 Å². The molecule has 0 spiro atoms. The molecule has 0 aliphatic heterocycles. The first kappa shape index (κ1) is 11.4. The lowest BCUT2D eigenvalue weighted by molar-refractivity contribution is 0.405. The highest BCUT2D eigenvalue weighted by atomic mass is 28.4. The average Bonchev–Trinajstić information content (AvgIpc) is 2.24. The summed E-state index contributed by atoms with van der Waals surface area (Å²) in [7, 11) is -0.0167. The van der Waals surface area contributed by atoms with E-state index in [0.717, 1.165) is 12.1 Å². The van der Waals surface area contributed by atoms with Crippen molar-refractivity contribution in [2.45, 2.75) is 25.9 Å². The van der Waals surface area contributed by atoms with Gasteiger partial charge in [0.25, 0.3) is 0 Å². The third-order valence-corrected chi connectivity index (χ3v) is 7.35. The quantitative estimate of drug-likeness (QED) is 0.697. The lowest BCUT2D eigenvalue weighted by Gasteiger charge is -2.27. The van der Waals surface area contributed by atoms with E-state index in [-0.39, 0.29) is 5.82 Å². The second kappa shape index (κ2) is 4.71. The Kier molecular flexibility index (Phi) is 3.83. The molecular weight excluding hydrogens is 195 g/mol. The van der Waals surface area contributed by atoms with Crippen LogP contribution in [0.4, 0.5) is 4.39 Å². The first-order valence-electron chi connectivity index (χ1n) is 4.99. The Labute approximate surface area is 86.0 Å². The number of benzene rings is 1. The summed E-state index contributed by atoms with van der Waals surface area (Å²) in [4.78, 5) is 0. The normalized spacial score (nSPS) is 11.7. The van der Waals surface area contributed by atoms with Gasteiger partial charge in [0.05, 0.1) is 0 Å². The van der Waals surface area contributed by atoms with Crippen molar-refractivity contribution in [1.29, 1.82) is 0 Å². The second-order valence-electron chi connectivity index (χ2n) is 3.41. The average molecular weight is 212 g/mol. The Balaban J connectivity index is 3.05. The fourth-order valence-electron chi connectivity index (χ4n) is 1.82. The van der Waals surface area contributed by atoms with Crippen LogP contribution in [-0.2, 0) is 4.43 Å². The van der Waals surface area contributed by atoms with Crippen molar-refractivity contribution in [3.8, 4) is 0 Å². The van der Waals surface area contributed by atoms with Gasteiger partial charge in [0, 0.05) is 7.11 Å². The van der Waals surface area contributed by atoms with Crippen molar-refractivity contribution in [3.05, 3.63) is 30.1 Å². The number of rotatable bonds is 4. The molecular formula is C11H17FOSi. The summed E-state index contributed by atoms with van der Waals surface area (Å²) >= 11 is 0. The van der Waals surface area contributed by atoms with Crippen LogP contribution >= 0.6 is 0 Å².